The van der Waals surface area contributed by atoms with E-state index in [0.717, 1.165) is 150 Å². The number of nitrogens with one attached hydrogen (secondary N) is 1. The second-order valence-corrected chi connectivity index (χ2v) is 37.7. The normalized spacial score (nSPS) is 12.6. The highest BCUT2D eigenvalue weighted by atomic mass is 127. The quantitative estimate of drug-likeness (QED) is 0.0528. The van der Waals surface area contributed by atoms with Gasteiger partial charge >= 0.3 is 0 Å². The van der Waals surface area contributed by atoms with Gasteiger partial charge in [-0.15, -0.1) is 0 Å². The fraction of sp³-hybridized carbons (Fsp3) is 0.115. The van der Waals surface area contributed by atoms with Crippen molar-refractivity contribution in [2.45, 2.75) is 82.4 Å². The molecule has 2 fully saturated rings. The SMILES string of the molecule is COc1cccc(C)c1-c1ccccc1P(C1CCCCC1)C1CCCCC1.Ic1cccc2c1oc1ccccc12.c1ccc(N(c2ccccc2)c2ccc(N(c3ccccc3)c3ccc(N(c4ccccc4)c4cccc5c4oc4ccccc45)cc3)cc2)cc1.c1ccc(Nc2ccc(N(c3ccccc3)c3ccc(N(c4ccccc4)c4ccccc4)cc3)cc2)cc1. The van der Waals surface area contributed by atoms with Gasteiger partial charge in [0.25, 0.3) is 0 Å². The van der Waals surface area contributed by atoms with E-state index in [1.54, 1.807) is 5.30 Å². The number of fused-ring (bicyclic) bond motifs is 6. The molecule has 133 heavy (non-hydrogen) atoms. The number of aryl methyl sites for hydroxylation is 1. The number of para-hydroxylation sites is 12. The summed E-state index contributed by atoms with van der Waals surface area (Å²) in [7, 11) is 1.69. The summed E-state index contributed by atoms with van der Waals surface area (Å²) >= 11 is 2.30. The second-order valence-electron chi connectivity index (χ2n) is 33.7. The van der Waals surface area contributed by atoms with E-state index in [1.807, 2.05) is 67.8 Å². The van der Waals surface area contributed by atoms with Gasteiger partial charge in [0.05, 0.1) is 16.4 Å². The van der Waals surface area contributed by atoms with Crippen LogP contribution in [-0.4, -0.2) is 18.4 Å². The Labute approximate surface area is 796 Å². The van der Waals surface area contributed by atoms with Crippen molar-refractivity contribution in [1.29, 1.82) is 0 Å². The lowest BCUT2D eigenvalue weighted by molar-refractivity contribution is 0.416. The first-order chi connectivity index (χ1) is 65.8. The van der Waals surface area contributed by atoms with Gasteiger partial charge in [0.2, 0.25) is 0 Å². The Bertz CT molecular complexity index is 7020. The Hall–Kier alpha value is -14.7. The highest BCUT2D eigenvalue weighted by Gasteiger charge is 2.35. The maximum absolute atomic E-state index is 6.51. The summed E-state index contributed by atoms with van der Waals surface area (Å²) in [5.41, 5.74) is 28.0. The fourth-order valence-corrected chi connectivity index (χ4v) is 23.5. The molecule has 22 rings (SSSR count). The van der Waals surface area contributed by atoms with Crippen molar-refractivity contribution in [2.75, 3.05) is 36.9 Å². The van der Waals surface area contributed by atoms with Gasteiger partial charge in [0.15, 0.2) is 5.58 Å². The summed E-state index contributed by atoms with van der Waals surface area (Å²) in [5, 5.41) is 9.74. The lowest BCUT2D eigenvalue weighted by Crippen LogP contribution is -2.27. The lowest BCUT2D eigenvalue weighted by Gasteiger charge is -2.39. The van der Waals surface area contributed by atoms with Crippen LogP contribution in [-0.2, 0) is 0 Å². The highest BCUT2D eigenvalue weighted by Crippen LogP contribution is 2.57. The molecule has 0 bridgehead atoms. The summed E-state index contributed by atoms with van der Waals surface area (Å²) in [4.78, 5) is 11.4. The van der Waals surface area contributed by atoms with Gasteiger partial charge in [0.1, 0.15) is 22.5 Å². The van der Waals surface area contributed by atoms with Gasteiger partial charge < -0.3 is 43.4 Å². The number of hydrogen-bond acceptors (Lipinski definition) is 9. The number of furan rings is 2. The van der Waals surface area contributed by atoms with Gasteiger partial charge in [-0.3, -0.25) is 0 Å². The molecule has 2 aromatic heterocycles. The second kappa shape index (κ2) is 42.5. The van der Waals surface area contributed by atoms with E-state index in [1.165, 1.54) is 91.7 Å². The lowest BCUT2D eigenvalue weighted by atomic mass is 9.99. The van der Waals surface area contributed by atoms with Crippen molar-refractivity contribution in [3.63, 3.8) is 0 Å². The minimum Gasteiger partial charge on any atom is -0.496 e. The van der Waals surface area contributed by atoms with Gasteiger partial charge in [-0.05, 0) is 307 Å². The zero-order chi connectivity index (χ0) is 89.9. The third kappa shape index (κ3) is 20.1. The zero-order valence-electron chi connectivity index (χ0n) is 75.0. The first-order valence-electron chi connectivity index (χ1n) is 46.4. The molecular weight excluding hydrogens is 1760 g/mol. The van der Waals surface area contributed by atoms with E-state index >= 15 is 0 Å². The third-order valence-corrected chi connectivity index (χ3v) is 29.6. The van der Waals surface area contributed by atoms with Crippen LogP contribution in [0.2, 0.25) is 0 Å². The molecule has 0 radical (unpaired) electrons. The van der Waals surface area contributed by atoms with Crippen LogP contribution in [0.3, 0.4) is 0 Å². The van der Waals surface area contributed by atoms with Crippen molar-refractivity contribution in [2.24, 2.45) is 0 Å². The Morgan fingerprint density at radius 2 is 0.564 bits per heavy atom. The van der Waals surface area contributed by atoms with Crippen LogP contribution in [0.4, 0.5) is 96.7 Å². The minimum absolute atomic E-state index is 0.122. The summed E-state index contributed by atoms with van der Waals surface area (Å²) in [5.74, 6) is 1.02. The standard InChI is InChI=1S/C48H35N3O.C36H29N3.C26H35OP.C12H7IO/c1-5-16-36(17-6-1)49(37-18-7-2-8-19-37)40-28-30-41(31-29-40)50(38-20-9-3-10-21-38)42-32-34-43(35-33-42)51(39-22-11-4-12-23-39)46-26-15-25-45-44-24-13-14-27-47(44)52-48(45)46;1-5-13-29(14-6-1)37-30-21-23-34(24-22-30)39(33-19-11-4-12-20-33)36-27-25-35(26-28-36)38(31-15-7-2-8-16-31)32-17-9-3-10-18-32;1-20-12-11-18-24(27-2)26(20)23-17-9-10-19-25(23)28(21-13-5-3-6-14-21)22-15-7-4-8-16-22;13-10-6-3-5-9-8-4-1-2-7-11(8)14-12(9)10/h1-35H;1-28,37H;9-12,17-19,21-22H,3-8,13-16H2,1-2H3;1-7H. The Kier molecular flexibility index (Phi) is 28.0. The molecule has 0 atom stereocenters. The van der Waals surface area contributed by atoms with Crippen LogP contribution in [0.5, 0.6) is 5.75 Å². The minimum atomic E-state index is -0.122. The Morgan fingerprint density at radius 3 is 0.962 bits per heavy atom. The van der Waals surface area contributed by atoms with Crippen LogP contribution in [0.25, 0.3) is 55.0 Å². The van der Waals surface area contributed by atoms with Gasteiger partial charge in [-0.25, -0.2) is 0 Å². The van der Waals surface area contributed by atoms with E-state index in [9.17, 15) is 0 Å². The number of anilines is 17. The number of nitrogens with zero attached hydrogens (tertiary/aromatic N) is 5. The third-order valence-electron chi connectivity index (χ3n) is 25.2. The maximum atomic E-state index is 6.51. The smallest absolute Gasteiger partial charge is 0.159 e. The molecule has 0 aliphatic heterocycles. The molecule has 654 valence electrons. The van der Waals surface area contributed by atoms with Crippen molar-refractivity contribution < 1.29 is 13.6 Å². The van der Waals surface area contributed by atoms with E-state index in [0.29, 0.717) is 0 Å². The van der Waals surface area contributed by atoms with Gasteiger partial charge in [-0.1, -0.05) is 289 Å². The van der Waals surface area contributed by atoms with Crippen LogP contribution in [0.1, 0.15) is 69.8 Å². The van der Waals surface area contributed by atoms with E-state index in [4.69, 9.17) is 13.6 Å². The zero-order valence-corrected chi connectivity index (χ0v) is 78.0. The molecule has 20 aromatic rings. The highest BCUT2D eigenvalue weighted by molar-refractivity contribution is 14.1. The first-order valence-corrected chi connectivity index (χ1v) is 48.9. The van der Waals surface area contributed by atoms with Crippen molar-refractivity contribution in [1.82, 2.24) is 0 Å². The summed E-state index contributed by atoms with van der Waals surface area (Å²) in [6.45, 7) is 2.23. The van der Waals surface area contributed by atoms with Crippen molar-refractivity contribution in [3.05, 3.63) is 476 Å². The molecule has 0 spiro atoms. The summed E-state index contributed by atoms with van der Waals surface area (Å²) < 4.78 is 19.3. The summed E-state index contributed by atoms with van der Waals surface area (Å²) in [6, 6.07) is 163. The van der Waals surface area contributed by atoms with Crippen LogP contribution in [0.15, 0.2) is 476 Å². The number of rotatable bonds is 22. The maximum Gasteiger partial charge on any atom is 0.159 e. The topological polar surface area (TPSA) is 63.7 Å². The predicted molar refractivity (Wildman–Crippen MR) is 573 cm³/mol. The number of halogens is 1. The molecule has 1 N–H and O–H groups in total. The van der Waals surface area contributed by atoms with Gasteiger partial charge in [0, 0.05) is 118 Å². The molecule has 11 heteroatoms. The molecule has 0 saturated heterocycles. The van der Waals surface area contributed by atoms with Crippen molar-refractivity contribution in [3.8, 4) is 16.9 Å². The van der Waals surface area contributed by atoms with Crippen LogP contribution in [0, 0.1) is 10.5 Å². The number of ether oxygens (including phenoxy) is 1. The molecule has 2 aliphatic carbocycles. The van der Waals surface area contributed by atoms with Crippen LogP contribution < -0.4 is 39.9 Å². The predicted octanol–water partition coefficient (Wildman–Crippen LogP) is 36.0. The monoisotopic (exact) mass is 1860 g/mol. The fourth-order valence-electron chi connectivity index (χ4n) is 19.0. The molecule has 0 unspecified atom stereocenters. The molecule has 0 amide bonds. The molecule has 2 heterocycles. The number of benzene rings is 18. The first kappa shape index (κ1) is 87.6. The average molecular weight is 1860 g/mol. The Balaban J connectivity index is 0.000000124. The van der Waals surface area contributed by atoms with E-state index < -0.39 is 0 Å². The largest absolute Gasteiger partial charge is 0.496 e. The Morgan fingerprint density at radius 1 is 0.271 bits per heavy atom. The molecule has 18 aromatic carbocycles. The molecule has 9 nitrogen and oxygen atoms in total. The van der Waals surface area contributed by atoms with E-state index in [2.05, 4.69) is 466 Å². The molecule has 2 aliphatic rings. The van der Waals surface area contributed by atoms with Gasteiger partial charge in [-0.2, -0.15) is 0 Å². The average Bonchev–Trinajstić information content (AvgIpc) is 1.34. The van der Waals surface area contributed by atoms with Crippen molar-refractivity contribution >= 4 is 176 Å². The molecular formula is C122H106IN6O3P. The number of methoxy groups -OCH3 is 1. The number of hydrogen-bond donors (Lipinski definition) is 1. The molecule has 2 saturated carbocycles. The van der Waals surface area contributed by atoms with E-state index in [-0.39, 0.29) is 7.92 Å². The summed E-state index contributed by atoms with van der Waals surface area (Å²) in [6.07, 6.45) is 14.4. The van der Waals surface area contributed by atoms with Crippen LogP contribution >= 0.6 is 30.5 Å².